The van der Waals surface area contributed by atoms with Crippen LogP contribution in [-0.4, -0.2) is 36.5 Å². The molecule has 1 amide bonds. The topological polar surface area (TPSA) is 32.3 Å². The molecule has 1 aliphatic rings. The molecular formula is C13H26N2O. The highest BCUT2D eigenvalue weighted by molar-refractivity contribution is 5.82. The monoisotopic (exact) mass is 226 g/mol. The summed E-state index contributed by atoms with van der Waals surface area (Å²) in [6, 6.07) is 0.0743. The van der Waals surface area contributed by atoms with Gasteiger partial charge in [0.25, 0.3) is 0 Å². The number of hydrogen-bond acceptors (Lipinski definition) is 2. The van der Waals surface area contributed by atoms with Crippen molar-refractivity contribution in [3.63, 3.8) is 0 Å². The maximum atomic E-state index is 12.2. The van der Waals surface area contributed by atoms with Crippen LogP contribution in [-0.2, 0) is 4.79 Å². The summed E-state index contributed by atoms with van der Waals surface area (Å²) in [6.45, 7) is 9.14. The quantitative estimate of drug-likeness (QED) is 0.778. The molecule has 0 aliphatic carbocycles. The van der Waals surface area contributed by atoms with Crippen molar-refractivity contribution in [3.05, 3.63) is 0 Å². The van der Waals surface area contributed by atoms with Gasteiger partial charge in [0.15, 0.2) is 0 Å². The van der Waals surface area contributed by atoms with Crippen molar-refractivity contribution in [1.82, 2.24) is 10.2 Å². The Kier molecular flexibility index (Phi) is 5.81. The van der Waals surface area contributed by atoms with Gasteiger partial charge in [0.1, 0.15) is 0 Å². The second-order valence-electron chi connectivity index (χ2n) is 4.72. The number of likely N-dealkylation sites (N-methyl/N-ethyl adjacent to an activating group) is 1. The van der Waals surface area contributed by atoms with Gasteiger partial charge in [0.2, 0.25) is 5.91 Å². The zero-order valence-corrected chi connectivity index (χ0v) is 11.0. The molecule has 1 N–H and O–H groups in total. The van der Waals surface area contributed by atoms with Gasteiger partial charge in [-0.1, -0.05) is 20.3 Å². The molecule has 0 aromatic heterocycles. The predicted octanol–water partition coefficient (Wildman–Crippen LogP) is 2.02. The van der Waals surface area contributed by atoms with Crippen LogP contribution in [0.25, 0.3) is 0 Å². The van der Waals surface area contributed by atoms with Gasteiger partial charge in [0.05, 0.1) is 6.04 Å². The second kappa shape index (κ2) is 6.89. The number of hydrogen-bond donors (Lipinski definition) is 1. The van der Waals surface area contributed by atoms with Crippen LogP contribution < -0.4 is 5.32 Å². The van der Waals surface area contributed by atoms with E-state index >= 15 is 0 Å². The van der Waals surface area contributed by atoms with Gasteiger partial charge in [-0.25, -0.2) is 0 Å². The average molecular weight is 226 g/mol. The van der Waals surface area contributed by atoms with Gasteiger partial charge >= 0.3 is 0 Å². The van der Waals surface area contributed by atoms with Crippen LogP contribution in [0.3, 0.4) is 0 Å². The highest BCUT2D eigenvalue weighted by Crippen LogP contribution is 2.20. The molecule has 1 heterocycles. The maximum Gasteiger partial charge on any atom is 0.239 e. The lowest BCUT2D eigenvalue weighted by molar-refractivity contribution is -0.134. The van der Waals surface area contributed by atoms with Crippen LogP contribution in [0.4, 0.5) is 0 Å². The molecular weight excluding hydrogens is 200 g/mol. The standard InChI is InChI=1S/C13H26N2O/c1-4-9-15(6-3)13(16)12-10-11(5-2)7-8-14-12/h11-12,14H,4-10H2,1-3H3. The molecule has 2 atom stereocenters. The molecule has 0 spiro atoms. The van der Waals surface area contributed by atoms with Crippen molar-refractivity contribution >= 4 is 5.91 Å². The Labute approximate surface area is 99.6 Å². The summed E-state index contributed by atoms with van der Waals surface area (Å²) in [4.78, 5) is 14.2. The predicted molar refractivity (Wildman–Crippen MR) is 67.4 cm³/mol. The molecule has 1 aliphatic heterocycles. The van der Waals surface area contributed by atoms with Gasteiger partial charge in [-0.15, -0.1) is 0 Å². The fraction of sp³-hybridized carbons (Fsp3) is 0.923. The van der Waals surface area contributed by atoms with E-state index in [1.165, 1.54) is 12.8 Å². The summed E-state index contributed by atoms with van der Waals surface area (Å²) in [5.41, 5.74) is 0. The van der Waals surface area contributed by atoms with Crippen molar-refractivity contribution in [2.45, 2.75) is 52.5 Å². The molecule has 1 fully saturated rings. The molecule has 3 nitrogen and oxygen atoms in total. The molecule has 1 rings (SSSR count). The maximum absolute atomic E-state index is 12.2. The zero-order valence-electron chi connectivity index (χ0n) is 11.0. The fourth-order valence-electron chi connectivity index (χ4n) is 2.47. The normalized spacial score (nSPS) is 25.4. The molecule has 0 bridgehead atoms. The Balaban J connectivity index is 2.51. The first-order valence-corrected chi connectivity index (χ1v) is 6.75. The second-order valence-corrected chi connectivity index (χ2v) is 4.72. The van der Waals surface area contributed by atoms with Crippen molar-refractivity contribution < 1.29 is 4.79 Å². The number of rotatable bonds is 5. The molecule has 0 radical (unpaired) electrons. The largest absolute Gasteiger partial charge is 0.342 e. The average Bonchev–Trinajstić information content (AvgIpc) is 2.35. The van der Waals surface area contributed by atoms with Gasteiger partial charge in [0, 0.05) is 13.1 Å². The number of carbonyl (C=O) groups is 1. The third kappa shape index (κ3) is 3.48. The van der Waals surface area contributed by atoms with Gasteiger partial charge in [-0.3, -0.25) is 4.79 Å². The lowest BCUT2D eigenvalue weighted by Crippen LogP contribution is -2.50. The Morgan fingerprint density at radius 1 is 1.38 bits per heavy atom. The minimum absolute atomic E-state index is 0.0743. The zero-order chi connectivity index (χ0) is 12.0. The van der Waals surface area contributed by atoms with Gasteiger partial charge in [-0.2, -0.15) is 0 Å². The number of amides is 1. The lowest BCUT2D eigenvalue weighted by Gasteiger charge is -2.32. The first-order chi connectivity index (χ1) is 7.72. The van der Waals surface area contributed by atoms with Crippen molar-refractivity contribution in [1.29, 1.82) is 0 Å². The lowest BCUT2D eigenvalue weighted by atomic mass is 9.90. The van der Waals surface area contributed by atoms with Crippen molar-refractivity contribution in [2.75, 3.05) is 19.6 Å². The minimum Gasteiger partial charge on any atom is -0.342 e. The van der Waals surface area contributed by atoms with E-state index in [4.69, 9.17) is 0 Å². The van der Waals surface area contributed by atoms with Crippen LogP contribution in [0.1, 0.15) is 46.5 Å². The molecule has 0 aromatic rings. The molecule has 1 saturated heterocycles. The van der Waals surface area contributed by atoms with Crippen LogP contribution in [0.2, 0.25) is 0 Å². The third-order valence-electron chi connectivity index (χ3n) is 3.57. The Morgan fingerprint density at radius 2 is 2.12 bits per heavy atom. The third-order valence-corrected chi connectivity index (χ3v) is 3.57. The van der Waals surface area contributed by atoms with Crippen LogP contribution in [0, 0.1) is 5.92 Å². The van der Waals surface area contributed by atoms with E-state index in [2.05, 4.69) is 26.1 Å². The van der Waals surface area contributed by atoms with E-state index in [9.17, 15) is 4.79 Å². The van der Waals surface area contributed by atoms with E-state index in [0.29, 0.717) is 5.91 Å². The summed E-state index contributed by atoms with van der Waals surface area (Å²) in [5, 5.41) is 3.37. The molecule has 16 heavy (non-hydrogen) atoms. The van der Waals surface area contributed by atoms with Crippen LogP contribution in [0.15, 0.2) is 0 Å². The van der Waals surface area contributed by atoms with E-state index in [1.54, 1.807) is 0 Å². The summed E-state index contributed by atoms with van der Waals surface area (Å²) < 4.78 is 0. The number of nitrogens with zero attached hydrogens (tertiary/aromatic N) is 1. The van der Waals surface area contributed by atoms with E-state index in [0.717, 1.165) is 38.4 Å². The Hall–Kier alpha value is -0.570. The Bertz CT molecular complexity index is 218. The highest BCUT2D eigenvalue weighted by atomic mass is 16.2. The molecule has 94 valence electrons. The smallest absolute Gasteiger partial charge is 0.239 e. The van der Waals surface area contributed by atoms with Crippen molar-refractivity contribution in [2.24, 2.45) is 5.92 Å². The number of piperidine rings is 1. The van der Waals surface area contributed by atoms with Gasteiger partial charge in [-0.05, 0) is 38.6 Å². The molecule has 3 heteroatoms. The molecule has 2 unspecified atom stereocenters. The van der Waals surface area contributed by atoms with Crippen molar-refractivity contribution in [3.8, 4) is 0 Å². The van der Waals surface area contributed by atoms with E-state index in [1.807, 2.05) is 4.90 Å². The van der Waals surface area contributed by atoms with E-state index < -0.39 is 0 Å². The highest BCUT2D eigenvalue weighted by Gasteiger charge is 2.28. The minimum atomic E-state index is 0.0743. The summed E-state index contributed by atoms with van der Waals surface area (Å²) in [7, 11) is 0. The molecule has 0 saturated carbocycles. The number of nitrogens with one attached hydrogen (secondary N) is 1. The fourth-order valence-corrected chi connectivity index (χ4v) is 2.47. The first kappa shape index (κ1) is 13.5. The van der Waals surface area contributed by atoms with Gasteiger partial charge < -0.3 is 10.2 Å². The number of carbonyl (C=O) groups excluding carboxylic acids is 1. The summed E-state index contributed by atoms with van der Waals surface area (Å²) in [6.07, 6.45) is 4.49. The summed E-state index contributed by atoms with van der Waals surface area (Å²) in [5.74, 6) is 1.04. The van der Waals surface area contributed by atoms with E-state index in [-0.39, 0.29) is 6.04 Å². The summed E-state index contributed by atoms with van der Waals surface area (Å²) >= 11 is 0. The van der Waals surface area contributed by atoms with Crippen LogP contribution in [0.5, 0.6) is 0 Å². The SMILES string of the molecule is CCCN(CC)C(=O)C1CC(CC)CCN1. The molecule has 0 aromatic carbocycles. The van der Waals surface area contributed by atoms with Crippen LogP contribution >= 0.6 is 0 Å². The first-order valence-electron chi connectivity index (χ1n) is 6.75. The Morgan fingerprint density at radius 3 is 2.69 bits per heavy atom.